The zero-order valence-electron chi connectivity index (χ0n) is 18.6. The Balaban J connectivity index is 1.27. The topological polar surface area (TPSA) is 55.8 Å². The molecule has 182 valence electrons. The van der Waals surface area contributed by atoms with Gasteiger partial charge < -0.3 is 8.92 Å². The first-order valence-electron chi connectivity index (χ1n) is 12.1. The van der Waals surface area contributed by atoms with Gasteiger partial charge in [0.15, 0.2) is 0 Å². The molecule has 0 aromatic heterocycles. The highest BCUT2D eigenvalue weighted by Crippen LogP contribution is 2.63. The molecule has 0 spiro atoms. The second-order valence-corrected chi connectivity index (χ2v) is 12.3. The van der Waals surface area contributed by atoms with Gasteiger partial charge in [-0.2, -0.15) is 21.6 Å². The third-order valence-electron chi connectivity index (χ3n) is 9.48. The molecule has 4 fully saturated rings. The fraction of sp³-hybridized carbons (Fsp3) is 0.913. The molecule has 0 radical (unpaired) electrons. The zero-order valence-corrected chi connectivity index (χ0v) is 19.5. The smallest absolute Gasteiger partial charge is 0.380 e. The van der Waals surface area contributed by atoms with Crippen molar-refractivity contribution >= 4 is 10.1 Å². The van der Waals surface area contributed by atoms with Crippen molar-refractivity contribution in [1.82, 2.24) is 4.90 Å². The first-order valence-corrected chi connectivity index (χ1v) is 13.5. The van der Waals surface area contributed by atoms with Gasteiger partial charge in [0.2, 0.25) is 0 Å². The first-order chi connectivity index (χ1) is 15.1. The monoisotopic (exact) mass is 477 g/mol. The van der Waals surface area contributed by atoms with Crippen LogP contribution in [-0.4, -0.2) is 51.2 Å². The van der Waals surface area contributed by atoms with E-state index in [0.29, 0.717) is 36.6 Å². The summed E-state index contributed by atoms with van der Waals surface area (Å²) in [5.74, 6) is 2.68. The van der Waals surface area contributed by atoms with Crippen LogP contribution in [0.25, 0.3) is 0 Å². The SMILES string of the molecule is C[C@]12CC[C@H]3C(CC[C@H]4C[C@@H](N5CCOCC5)CC[C@@H]43)[C@@H]1CC=C2OS(=O)(=O)C(F)(F)F. The van der Waals surface area contributed by atoms with Crippen LogP contribution in [-0.2, 0) is 19.0 Å². The highest BCUT2D eigenvalue weighted by Gasteiger charge is 2.58. The number of fused-ring (bicyclic) bond motifs is 5. The third-order valence-corrected chi connectivity index (χ3v) is 10.4. The summed E-state index contributed by atoms with van der Waals surface area (Å²) in [5, 5.41) is 0. The Morgan fingerprint density at radius 1 is 1.06 bits per heavy atom. The van der Waals surface area contributed by atoms with Crippen molar-refractivity contribution in [2.24, 2.45) is 35.0 Å². The van der Waals surface area contributed by atoms with Crippen molar-refractivity contribution in [2.75, 3.05) is 26.3 Å². The van der Waals surface area contributed by atoms with Crippen LogP contribution >= 0.6 is 0 Å². The zero-order chi connectivity index (χ0) is 22.7. The van der Waals surface area contributed by atoms with E-state index in [4.69, 9.17) is 8.92 Å². The van der Waals surface area contributed by atoms with E-state index in [-0.39, 0.29) is 11.7 Å². The molecule has 0 amide bonds. The van der Waals surface area contributed by atoms with Gasteiger partial charge in [0, 0.05) is 24.5 Å². The van der Waals surface area contributed by atoms with Crippen LogP contribution in [0.5, 0.6) is 0 Å². The molecule has 5 rings (SSSR count). The molecule has 32 heavy (non-hydrogen) atoms. The van der Waals surface area contributed by atoms with Gasteiger partial charge in [-0.25, -0.2) is 0 Å². The van der Waals surface area contributed by atoms with E-state index >= 15 is 0 Å². The number of allylic oxidation sites excluding steroid dienone is 2. The summed E-state index contributed by atoms with van der Waals surface area (Å²) in [6.45, 7) is 5.64. The van der Waals surface area contributed by atoms with Crippen LogP contribution in [0.3, 0.4) is 0 Å². The maximum Gasteiger partial charge on any atom is 0.534 e. The number of hydrogen-bond donors (Lipinski definition) is 0. The summed E-state index contributed by atoms with van der Waals surface area (Å²) >= 11 is 0. The molecule has 1 aliphatic heterocycles. The van der Waals surface area contributed by atoms with E-state index in [1.165, 1.54) is 25.7 Å². The van der Waals surface area contributed by atoms with E-state index in [2.05, 4.69) is 4.90 Å². The minimum atomic E-state index is -5.62. The maximum absolute atomic E-state index is 12.9. The molecule has 4 aliphatic carbocycles. The molecule has 0 bridgehead atoms. The van der Waals surface area contributed by atoms with Gasteiger partial charge >= 0.3 is 15.6 Å². The molecule has 1 unspecified atom stereocenters. The lowest BCUT2D eigenvalue weighted by Gasteiger charge is -2.56. The average Bonchev–Trinajstić information content (AvgIpc) is 3.08. The Bertz CT molecular complexity index is 854. The summed E-state index contributed by atoms with van der Waals surface area (Å²) in [4.78, 5) is 2.61. The summed E-state index contributed by atoms with van der Waals surface area (Å²) in [6.07, 6.45) is 9.88. The summed E-state index contributed by atoms with van der Waals surface area (Å²) < 4.78 is 72.2. The van der Waals surface area contributed by atoms with Gasteiger partial charge in [0.1, 0.15) is 5.76 Å². The number of ether oxygens (including phenoxy) is 1. The molecule has 0 N–H and O–H groups in total. The number of morpholine rings is 1. The van der Waals surface area contributed by atoms with Gasteiger partial charge in [-0.3, -0.25) is 4.90 Å². The van der Waals surface area contributed by atoms with Crippen LogP contribution < -0.4 is 0 Å². The standard InChI is InChI=1S/C23H34F3NO4S/c1-22-9-8-18-17-5-3-16(27-10-12-30-13-11-27)14-15(17)2-4-19(18)20(22)6-7-21(22)31-32(28,29)23(24,25)26/h7,15-20H,2-6,8-14H2,1H3/t15-,16-,17-,18+,19?,20-,22-/m0/s1. The predicted molar refractivity (Wildman–Crippen MR) is 113 cm³/mol. The van der Waals surface area contributed by atoms with Gasteiger partial charge in [-0.15, -0.1) is 0 Å². The molecule has 7 atom stereocenters. The number of halogens is 3. The molecular formula is C23H34F3NO4S. The molecule has 0 aromatic carbocycles. The van der Waals surface area contributed by atoms with Crippen molar-refractivity contribution in [1.29, 1.82) is 0 Å². The summed E-state index contributed by atoms with van der Waals surface area (Å²) in [7, 11) is -5.62. The first kappa shape index (κ1) is 23.0. The quantitative estimate of drug-likeness (QED) is 0.436. The van der Waals surface area contributed by atoms with Crippen LogP contribution in [0, 0.1) is 35.0 Å². The second kappa shape index (κ2) is 8.15. The van der Waals surface area contributed by atoms with Crippen LogP contribution in [0.15, 0.2) is 11.8 Å². The van der Waals surface area contributed by atoms with E-state index in [9.17, 15) is 21.6 Å². The normalized spacial score (nSPS) is 43.1. The average molecular weight is 478 g/mol. The molecule has 5 aliphatic rings. The fourth-order valence-corrected chi connectivity index (χ4v) is 8.51. The van der Waals surface area contributed by atoms with Crippen molar-refractivity contribution in [3.8, 4) is 0 Å². The minimum absolute atomic E-state index is 0.0245. The number of nitrogens with zero attached hydrogens (tertiary/aromatic N) is 1. The number of alkyl halides is 3. The Kier molecular flexibility index (Phi) is 5.85. The predicted octanol–water partition coefficient (Wildman–Crippen LogP) is 4.70. The van der Waals surface area contributed by atoms with Gasteiger partial charge in [-0.05, 0) is 87.0 Å². The maximum atomic E-state index is 12.9. The second-order valence-electron chi connectivity index (χ2n) is 10.8. The molecule has 5 nitrogen and oxygen atoms in total. The van der Waals surface area contributed by atoms with E-state index in [0.717, 1.165) is 45.1 Å². The third kappa shape index (κ3) is 3.80. The molecule has 3 saturated carbocycles. The number of rotatable bonds is 3. The molecule has 1 saturated heterocycles. The molecular weight excluding hydrogens is 443 g/mol. The lowest BCUT2D eigenvalue weighted by Crippen LogP contribution is -2.52. The Labute approximate surface area is 188 Å². The summed E-state index contributed by atoms with van der Waals surface area (Å²) in [6, 6.07) is 0.659. The molecule has 9 heteroatoms. The highest BCUT2D eigenvalue weighted by molar-refractivity contribution is 7.87. The van der Waals surface area contributed by atoms with Crippen LogP contribution in [0.1, 0.15) is 58.3 Å². The highest BCUT2D eigenvalue weighted by atomic mass is 32.2. The molecule has 1 heterocycles. The van der Waals surface area contributed by atoms with E-state index in [1.807, 2.05) is 6.92 Å². The number of hydrogen-bond acceptors (Lipinski definition) is 5. The Morgan fingerprint density at radius 3 is 2.50 bits per heavy atom. The molecule has 0 aromatic rings. The lowest BCUT2D eigenvalue weighted by atomic mass is 9.50. The Morgan fingerprint density at radius 2 is 1.78 bits per heavy atom. The lowest BCUT2D eigenvalue weighted by molar-refractivity contribution is -0.0734. The van der Waals surface area contributed by atoms with E-state index < -0.39 is 21.0 Å². The van der Waals surface area contributed by atoms with Gasteiger partial charge in [-0.1, -0.05) is 6.92 Å². The van der Waals surface area contributed by atoms with Gasteiger partial charge in [0.25, 0.3) is 0 Å². The van der Waals surface area contributed by atoms with Crippen molar-refractivity contribution in [3.63, 3.8) is 0 Å². The van der Waals surface area contributed by atoms with Crippen molar-refractivity contribution in [3.05, 3.63) is 11.8 Å². The van der Waals surface area contributed by atoms with E-state index in [1.54, 1.807) is 6.08 Å². The van der Waals surface area contributed by atoms with Gasteiger partial charge in [0.05, 0.1) is 13.2 Å². The summed E-state index contributed by atoms with van der Waals surface area (Å²) in [5.41, 5.74) is -6.01. The van der Waals surface area contributed by atoms with Crippen LogP contribution in [0.2, 0.25) is 0 Å². The minimum Gasteiger partial charge on any atom is -0.380 e. The fourth-order valence-electron chi connectivity index (χ4n) is 7.93. The van der Waals surface area contributed by atoms with Crippen molar-refractivity contribution in [2.45, 2.75) is 69.8 Å². The Hall–Kier alpha value is -0.800. The van der Waals surface area contributed by atoms with Crippen molar-refractivity contribution < 1.29 is 30.5 Å². The van der Waals surface area contributed by atoms with Crippen LogP contribution in [0.4, 0.5) is 13.2 Å². The largest absolute Gasteiger partial charge is 0.534 e.